The number of carbonyl (C=O) groups excluding carboxylic acids is 1. The first-order valence-corrected chi connectivity index (χ1v) is 8.58. The second kappa shape index (κ2) is 7.67. The van der Waals surface area contributed by atoms with Gasteiger partial charge in [0, 0.05) is 5.56 Å². The van der Waals surface area contributed by atoms with Gasteiger partial charge in [0.2, 0.25) is 0 Å². The maximum Gasteiger partial charge on any atom is 0.263 e. The summed E-state index contributed by atoms with van der Waals surface area (Å²) in [5.74, 6) is 0.713. The molecule has 0 bridgehead atoms. The zero-order valence-electron chi connectivity index (χ0n) is 13.2. The third-order valence-electron chi connectivity index (χ3n) is 3.45. The van der Waals surface area contributed by atoms with Crippen molar-refractivity contribution in [3.8, 4) is 11.5 Å². The standard InChI is InChI=1S/C18H14FNO3S2/c1-22-15-7-2-11(9-16-17(21)20-18(24)25-16)8-12(15)10-23-14-5-3-13(19)4-6-14/h2-9H,10H2,1H3,(H,20,21,24)/b16-9-. The number of nitrogens with one attached hydrogen (secondary N) is 1. The monoisotopic (exact) mass is 375 g/mol. The lowest BCUT2D eigenvalue weighted by atomic mass is 10.1. The first kappa shape index (κ1) is 17.4. The molecular formula is C18H14FNO3S2. The van der Waals surface area contributed by atoms with E-state index in [2.05, 4.69) is 5.32 Å². The minimum absolute atomic E-state index is 0.199. The molecule has 1 heterocycles. The molecule has 0 unspecified atom stereocenters. The van der Waals surface area contributed by atoms with Gasteiger partial charge in [-0.15, -0.1) is 0 Å². The van der Waals surface area contributed by atoms with Crippen LogP contribution < -0.4 is 14.8 Å². The minimum Gasteiger partial charge on any atom is -0.496 e. The molecule has 1 aliphatic heterocycles. The first-order chi connectivity index (χ1) is 12.0. The third kappa shape index (κ3) is 4.37. The summed E-state index contributed by atoms with van der Waals surface area (Å²) in [6, 6.07) is 11.3. The summed E-state index contributed by atoms with van der Waals surface area (Å²) in [6.45, 7) is 0.254. The summed E-state index contributed by atoms with van der Waals surface area (Å²) in [5.41, 5.74) is 1.65. The van der Waals surface area contributed by atoms with Crippen LogP contribution in [0.3, 0.4) is 0 Å². The van der Waals surface area contributed by atoms with Crippen molar-refractivity contribution in [2.24, 2.45) is 0 Å². The van der Waals surface area contributed by atoms with Crippen molar-refractivity contribution in [3.05, 3.63) is 64.3 Å². The van der Waals surface area contributed by atoms with Crippen molar-refractivity contribution >= 4 is 40.3 Å². The Balaban J connectivity index is 1.80. The summed E-state index contributed by atoms with van der Waals surface area (Å²) in [6.07, 6.45) is 1.76. The van der Waals surface area contributed by atoms with Gasteiger partial charge < -0.3 is 14.8 Å². The van der Waals surface area contributed by atoms with E-state index < -0.39 is 0 Å². The molecule has 1 fully saturated rings. The molecule has 1 amide bonds. The zero-order valence-corrected chi connectivity index (χ0v) is 14.9. The summed E-state index contributed by atoms with van der Waals surface area (Å²) in [5, 5.41) is 2.58. The Kier molecular flexibility index (Phi) is 5.35. The molecule has 2 aromatic rings. The molecule has 1 saturated heterocycles. The molecule has 0 aliphatic carbocycles. The smallest absolute Gasteiger partial charge is 0.263 e. The topological polar surface area (TPSA) is 47.6 Å². The largest absolute Gasteiger partial charge is 0.496 e. The van der Waals surface area contributed by atoms with Crippen LogP contribution in [-0.2, 0) is 11.4 Å². The van der Waals surface area contributed by atoms with E-state index in [-0.39, 0.29) is 18.3 Å². The number of thiocarbonyl (C=S) groups is 1. The van der Waals surface area contributed by atoms with Crippen LogP contribution in [0.1, 0.15) is 11.1 Å². The number of methoxy groups -OCH3 is 1. The Bertz CT molecular complexity index is 850. The van der Waals surface area contributed by atoms with Crippen LogP contribution in [0, 0.1) is 5.82 Å². The van der Waals surface area contributed by atoms with Gasteiger partial charge in [-0.1, -0.05) is 30.0 Å². The highest BCUT2D eigenvalue weighted by atomic mass is 32.2. The van der Waals surface area contributed by atoms with Crippen LogP contribution >= 0.6 is 24.0 Å². The Morgan fingerprint density at radius 3 is 2.64 bits per heavy atom. The number of hydrogen-bond donors (Lipinski definition) is 1. The van der Waals surface area contributed by atoms with Crippen LogP contribution in [0.25, 0.3) is 6.08 Å². The Hall–Kier alpha value is -2.38. The molecule has 0 radical (unpaired) electrons. The lowest BCUT2D eigenvalue weighted by molar-refractivity contribution is -0.115. The van der Waals surface area contributed by atoms with Crippen LogP contribution in [0.2, 0.25) is 0 Å². The molecule has 1 N–H and O–H groups in total. The van der Waals surface area contributed by atoms with Gasteiger partial charge in [-0.25, -0.2) is 4.39 Å². The van der Waals surface area contributed by atoms with Gasteiger partial charge in [-0.05, 0) is 48.0 Å². The van der Waals surface area contributed by atoms with Crippen LogP contribution in [0.5, 0.6) is 11.5 Å². The van der Waals surface area contributed by atoms with E-state index >= 15 is 0 Å². The van der Waals surface area contributed by atoms with Gasteiger partial charge in [0.1, 0.15) is 28.2 Å². The van der Waals surface area contributed by atoms with E-state index in [1.54, 1.807) is 25.3 Å². The molecule has 0 saturated carbocycles. The molecule has 4 nitrogen and oxygen atoms in total. The number of benzene rings is 2. The second-order valence-corrected chi connectivity index (χ2v) is 6.88. The van der Waals surface area contributed by atoms with E-state index in [1.165, 1.54) is 23.9 Å². The molecule has 2 aromatic carbocycles. The predicted octanol–water partition coefficient (Wildman–Crippen LogP) is 3.90. The lowest BCUT2D eigenvalue weighted by Crippen LogP contribution is -2.17. The molecule has 0 atom stereocenters. The fourth-order valence-corrected chi connectivity index (χ4v) is 3.31. The molecule has 0 spiro atoms. The van der Waals surface area contributed by atoms with E-state index in [4.69, 9.17) is 21.7 Å². The van der Waals surface area contributed by atoms with Crippen LogP contribution in [-0.4, -0.2) is 17.3 Å². The van der Waals surface area contributed by atoms with Gasteiger partial charge in [-0.2, -0.15) is 0 Å². The third-order valence-corrected chi connectivity index (χ3v) is 4.61. The van der Waals surface area contributed by atoms with E-state index in [9.17, 15) is 9.18 Å². The highest BCUT2D eigenvalue weighted by molar-refractivity contribution is 8.26. The lowest BCUT2D eigenvalue weighted by Gasteiger charge is -2.11. The normalized spacial score (nSPS) is 15.4. The fourth-order valence-electron chi connectivity index (χ4n) is 2.27. The first-order valence-electron chi connectivity index (χ1n) is 7.35. The molecule has 0 aromatic heterocycles. The molecule has 128 valence electrons. The number of amides is 1. The maximum absolute atomic E-state index is 12.9. The van der Waals surface area contributed by atoms with Crippen molar-refractivity contribution in [1.82, 2.24) is 5.32 Å². The van der Waals surface area contributed by atoms with Crippen molar-refractivity contribution < 1.29 is 18.7 Å². The molecule has 3 rings (SSSR count). The van der Waals surface area contributed by atoms with E-state index in [0.717, 1.165) is 11.1 Å². The van der Waals surface area contributed by atoms with Crippen LogP contribution in [0.15, 0.2) is 47.4 Å². The number of rotatable bonds is 5. The number of halogens is 1. The van der Waals surface area contributed by atoms with Crippen molar-refractivity contribution in [1.29, 1.82) is 0 Å². The second-order valence-electron chi connectivity index (χ2n) is 5.17. The van der Waals surface area contributed by atoms with Crippen molar-refractivity contribution in [2.75, 3.05) is 7.11 Å². The Morgan fingerprint density at radius 2 is 2.00 bits per heavy atom. The van der Waals surface area contributed by atoms with Gasteiger partial charge in [0.15, 0.2) is 0 Å². The number of carbonyl (C=O) groups is 1. The molecule has 25 heavy (non-hydrogen) atoms. The highest BCUT2D eigenvalue weighted by Crippen LogP contribution is 2.28. The van der Waals surface area contributed by atoms with Gasteiger partial charge >= 0.3 is 0 Å². The molecular weight excluding hydrogens is 361 g/mol. The Morgan fingerprint density at radius 1 is 1.24 bits per heavy atom. The summed E-state index contributed by atoms with van der Waals surface area (Å²) < 4.78 is 24.4. The number of hydrogen-bond acceptors (Lipinski definition) is 5. The van der Waals surface area contributed by atoms with Gasteiger partial charge in [0.05, 0.1) is 12.0 Å². The number of thioether (sulfide) groups is 1. The van der Waals surface area contributed by atoms with Crippen LogP contribution in [0.4, 0.5) is 4.39 Å². The number of ether oxygens (including phenoxy) is 2. The van der Waals surface area contributed by atoms with E-state index in [0.29, 0.717) is 20.7 Å². The quantitative estimate of drug-likeness (QED) is 0.634. The minimum atomic E-state index is -0.316. The average molecular weight is 375 g/mol. The average Bonchev–Trinajstić information content (AvgIpc) is 2.92. The van der Waals surface area contributed by atoms with Gasteiger partial charge in [0.25, 0.3) is 5.91 Å². The summed E-state index contributed by atoms with van der Waals surface area (Å²) in [4.78, 5) is 12.3. The maximum atomic E-state index is 12.9. The molecule has 7 heteroatoms. The Labute approximate surface area is 154 Å². The SMILES string of the molecule is COc1ccc(/C=C2\SC(=S)NC2=O)cc1COc1ccc(F)cc1. The molecule has 1 aliphatic rings. The highest BCUT2D eigenvalue weighted by Gasteiger charge is 2.22. The summed E-state index contributed by atoms with van der Waals surface area (Å²) in [7, 11) is 1.58. The van der Waals surface area contributed by atoms with Crippen molar-refractivity contribution in [3.63, 3.8) is 0 Å². The zero-order chi connectivity index (χ0) is 17.8. The van der Waals surface area contributed by atoms with E-state index in [1.807, 2.05) is 18.2 Å². The summed E-state index contributed by atoms with van der Waals surface area (Å²) >= 11 is 6.21. The fraction of sp³-hybridized carbons (Fsp3) is 0.111. The van der Waals surface area contributed by atoms with Gasteiger partial charge in [-0.3, -0.25) is 4.79 Å². The van der Waals surface area contributed by atoms with Crippen molar-refractivity contribution in [2.45, 2.75) is 6.61 Å². The predicted molar refractivity (Wildman–Crippen MR) is 100 cm³/mol.